The lowest BCUT2D eigenvalue weighted by atomic mass is 9.81. The summed E-state index contributed by atoms with van der Waals surface area (Å²) < 4.78 is 5.47. The summed E-state index contributed by atoms with van der Waals surface area (Å²) in [6.45, 7) is 4.72. The minimum absolute atomic E-state index is 0.0359. The number of furan rings is 1. The molecule has 1 N–H and O–H groups in total. The molecule has 1 aromatic carbocycles. The van der Waals surface area contributed by atoms with E-state index in [0.717, 1.165) is 5.76 Å². The fourth-order valence-corrected chi connectivity index (χ4v) is 2.68. The largest absolute Gasteiger partial charge is 0.468 e. The number of carbonyl (C=O) groups is 1. The highest BCUT2D eigenvalue weighted by Crippen LogP contribution is 2.26. The summed E-state index contributed by atoms with van der Waals surface area (Å²) in [5.74, 6) is 0.912. The Morgan fingerprint density at radius 2 is 1.87 bits per heavy atom. The Balaban J connectivity index is 1.94. The fourth-order valence-electron chi connectivity index (χ4n) is 2.68. The van der Waals surface area contributed by atoms with E-state index in [2.05, 4.69) is 31.3 Å². The first kappa shape index (κ1) is 17.3. The van der Waals surface area contributed by atoms with Crippen molar-refractivity contribution in [1.29, 1.82) is 0 Å². The molecule has 2 rings (SSSR count). The molecule has 0 aliphatic heterocycles. The maximum absolute atomic E-state index is 12.4. The minimum Gasteiger partial charge on any atom is -0.468 e. The first-order chi connectivity index (χ1) is 10.9. The van der Waals surface area contributed by atoms with Crippen LogP contribution in [0.1, 0.15) is 37.6 Å². The zero-order chi connectivity index (χ0) is 16.9. The van der Waals surface area contributed by atoms with Gasteiger partial charge in [0.25, 0.3) is 0 Å². The number of likely N-dealkylation sites (N-methyl/N-ethyl adjacent to an activating group) is 1. The molecule has 1 aromatic heterocycles. The van der Waals surface area contributed by atoms with Crippen LogP contribution in [0, 0.1) is 0 Å². The summed E-state index contributed by atoms with van der Waals surface area (Å²) >= 11 is 0. The second-order valence-electron chi connectivity index (χ2n) is 6.73. The highest BCUT2D eigenvalue weighted by molar-refractivity contribution is 5.77. The van der Waals surface area contributed by atoms with Crippen LogP contribution >= 0.6 is 0 Å². The van der Waals surface area contributed by atoms with E-state index in [9.17, 15) is 4.79 Å². The molecule has 4 heteroatoms. The molecule has 0 spiro atoms. The van der Waals surface area contributed by atoms with Crippen LogP contribution in [-0.4, -0.2) is 31.4 Å². The topological polar surface area (TPSA) is 45.5 Å². The predicted octanol–water partition coefficient (Wildman–Crippen LogP) is 3.37. The average molecular weight is 314 g/mol. The molecule has 1 amide bonds. The molecule has 0 radical (unpaired) electrons. The summed E-state index contributed by atoms with van der Waals surface area (Å²) in [6.07, 6.45) is 2.11. The van der Waals surface area contributed by atoms with Crippen molar-refractivity contribution in [3.05, 3.63) is 60.1 Å². The van der Waals surface area contributed by atoms with Crippen molar-refractivity contribution >= 4 is 5.91 Å². The van der Waals surface area contributed by atoms with E-state index >= 15 is 0 Å². The number of hydrogen-bond donors (Lipinski definition) is 1. The molecule has 0 aliphatic carbocycles. The summed E-state index contributed by atoms with van der Waals surface area (Å²) in [5, 5.41) is 3.04. The van der Waals surface area contributed by atoms with Gasteiger partial charge in [-0.25, -0.2) is 0 Å². The third-order valence-corrected chi connectivity index (χ3v) is 4.15. The lowest BCUT2D eigenvalue weighted by molar-refractivity contribution is -0.122. The van der Waals surface area contributed by atoms with E-state index in [1.54, 1.807) is 6.26 Å². The molecule has 124 valence electrons. The van der Waals surface area contributed by atoms with Crippen molar-refractivity contribution in [2.45, 2.75) is 31.7 Å². The number of hydrogen-bond acceptors (Lipinski definition) is 3. The normalized spacial score (nSPS) is 13.1. The average Bonchev–Trinajstić information content (AvgIpc) is 3.01. The smallest absolute Gasteiger partial charge is 0.220 e. The van der Waals surface area contributed by atoms with Gasteiger partial charge in [-0.05, 0) is 37.2 Å². The SMILES string of the molecule is CN(C)C(CNC(=O)CC(C)(C)c1ccccc1)c1ccco1. The Morgan fingerprint density at radius 3 is 2.43 bits per heavy atom. The van der Waals surface area contributed by atoms with Crippen LogP contribution < -0.4 is 5.32 Å². The Hall–Kier alpha value is -2.07. The van der Waals surface area contributed by atoms with Crippen molar-refractivity contribution in [3.63, 3.8) is 0 Å². The zero-order valence-corrected chi connectivity index (χ0v) is 14.4. The van der Waals surface area contributed by atoms with Gasteiger partial charge in [0.2, 0.25) is 5.91 Å². The highest BCUT2D eigenvalue weighted by Gasteiger charge is 2.25. The van der Waals surface area contributed by atoms with Crippen LogP contribution in [0.3, 0.4) is 0 Å². The maximum Gasteiger partial charge on any atom is 0.220 e. The lowest BCUT2D eigenvalue weighted by Gasteiger charge is -2.26. The van der Waals surface area contributed by atoms with Crippen LogP contribution in [0.15, 0.2) is 53.1 Å². The van der Waals surface area contributed by atoms with Gasteiger partial charge in [0.15, 0.2) is 0 Å². The third-order valence-electron chi connectivity index (χ3n) is 4.15. The van der Waals surface area contributed by atoms with Gasteiger partial charge >= 0.3 is 0 Å². The van der Waals surface area contributed by atoms with Crippen molar-refractivity contribution in [3.8, 4) is 0 Å². The molecular formula is C19H26N2O2. The van der Waals surface area contributed by atoms with Crippen LogP contribution in [0.25, 0.3) is 0 Å². The van der Waals surface area contributed by atoms with Crippen molar-refractivity contribution in [2.24, 2.45) is 0 Å². The molecule has 0 bridgehead atoms. The Kier molecular flexibility index (Phi) is 5.61. The molecule has 0 fully saturated rings. The van der Waals surface area contributed by atoms with Gasteiger partial charge in [0.05, 0.1) is 12.3 Å². The van der Waals surface area contributed by atoms with E-state index in [0.29, 0.717) is 13.0 Å². The Morgan fingerprint density at radius 1 is 1.17 bits per heavy atom. The van der Waals surface area contributed by atoms with Crippen LogP contribution in [0.4, 0.5) is 0 Å². The molecule has 0 saturated heterocycles. The third kappa shape index (κ3) is 4.70. The zero-order valence-electron chi connectivity index (χ0n) is 14.4. The number of amides is 1. The summed E-state index contributed by atoms with van der Waals surface area (Å²) in [4.78, 5) is 14.4. The highest BCUT2D eigenvalue weighted by atomic mass is 16.3. The molecule has 1 unspecified atom stereocenters. The summed E-state index contributed by atoms with van der Waals surface area (Å²) in [6, 6.07) is 14.0. The summed E-state index contributed by atoms with van der Waals surface area (Å²) in [5.41, 5.74) is 0.981. The number of carbonyl (C=O) groups excluding carboxylic acids is 1. The number of benzene rings is 1. The first-order valence-corrected chi connectivity index (χ1v) is 7.92. The monoisotopic (exact) mass is 314 g/mol. The van der Waals surface area contributed by atoms with E-state index in [1.807, 2.05) is 49.3 Å². The second-order valence-corrected chi connectivity index (χ2v) is 6.73. The molecule has 4 nitrogen and oxygen atoms in total. The maximum atomic E-state index is 12.4. The molecule has 0 aliphatic rings. The van der Waals surface area contributed by atoms with Crippen LogP contribution in [0.2, 0.25) is 0 Å². The van der Waals surface area contributed by atoms with Gasteiger partial charge in [0, 0.05) is 13.0 Å². The Bertz CT molecular complexity index is 604. The molecule has 2 aromatic rings. The quantitative estimate of drug-likeness (QED) is 0.852. The second kappa shape index (κ2) is 7.47. The van der Waals surface area contributed by atoms with E-state index < -0.39 is 0 Å². The number of rotatable bonds is 7. The van der Waals surface area contributed by atoms with Gasteiger partial charge < -0.3 is 9.73 Å². The molecule has 1 heterocycles. The van der Waals surface area contributed by atoms with Gasteiger partial charge in [-0.15, -0.1) is 0 Å². The van der Waals surface area contributed by atoms with Crippen molar-refractivity contribution in [1.82, 2.24) is 10.2 Å². The van der Waals surface area contributed by atoms with Gasteiger partial charge in [-0.1, -0.05) is 44.2 Å². The van der Waals surface area contributed by atoms with Crippen molar-refractivity contribution < 1.29 is 9.21 Å². The van der Waals surface area contributed by atoms with Crippen molar-refractivity contribution in [2.75, 3.05) is 20.6 Å². The predicted molar refractivity (Wildman–Crippen MR) is 92.2 cm³/mol. The molecule has 1 atom stereocenters. The van der Waals surface area contributed by atoms with Gasteiger partial charge in [-0.2, -0.15) is 0 Å². The number of nitrogens with one attached hydrogen (secondary N) is 1. The van der Waals surface area contributed by atoms with Crippen LogP contribution in [0.5, 0.6) is 0 Å². The molecular weight excluding hydrogens is 288 g/mol. The molecule has 23 heavy (non-hydrogen) atoms. The lowest BCUT2D eigenvalue weighted by Crippen LogP contribution is -2.37. The van der Waals surface area contributed by atoms with Crippen LogP contribution in [-0.2, 0) is 10.2 Å². The van der Waals surface area contributed by atoms with E-state index in [1.165, 1.54) is 5.56 Å². The van der Waals surface area contributed by atoms with Gasteiger partial charge in [0.1, 0.15) is 5.76 Å². The van der Waals surface area contributed by atoms with Gasteiger partial charge in [-0.3, -0.25) is 9.69 Å². The number of nitrogens with zero attached hydrogens (tertiary/aromatic N) is 1. The summed E-state index contributed by atoms with van der Waals surface area (Å²) in [7, 11) is 3.96. The standard InChI is InChI=1S/C19H26N2O2/c1-19(2,15-9-6-5-7-10-15)13-18(22)20-14-16(21(3)4)17-11-8-12-23-17/h5-12,16H,13-14H2,1-4H3,(H,20,22). The Labute approximate surface area is 138 Å². The minimum atomic E-state index is -0.191. The molecule has 0 saturated carbocycles. The fraction of sp³-hybridized carbons (Fsp3) is 0.421. The van der Waals surface area contributed by atoms with E-state index in [-0.39, 0.29) is 17.4 Å². The first-order valence-electron chi connectivity index (χ1n) is 7.92. The van der Waals surface area contributed by atoms with E-state index in [4.69, 9.17) is 4.42 Å².